The molecule has 2 heteroatoms. The molecule has 2 rings (SSSR count). The molecule has 1 aromatic carbocycles. The fourth-order valence-corrected chi connectivity index (χ4v) is 3.09. The van der Waals surface area contributed by atoms with Gasteiger partial charge in [-0.05, 0) is 64.6 Å². The van der Waals surface area contributed by atoms with Crippen molar-refractivity contribution in [3.8, 4) is 0 Å². The van der Waals surface area contributed by atoms with Gasteiger partial charge in [-0.2, -0.15) is 0 Å². The van der Waals surface area contributed by atoms with Crippen LogP contribution in [-0.4, -0.2) is 25.3 Å². The predicted molar refractivity (Wildman–Crippen MR) is 80.4 cm³/mol. The summed E-state index contributed by atoms with van der Waals surface area (Å²) in [6, 6.07) is 10.8. The number of hydrogen-bond acceptors (Lipinski definition) is 2. The molecule has 1 heterocycles. The molecule has 19 heavy (non-hydrogen) atoms. The van der Waals surface area contributed by atoms with E-state index in [1.54, 1.807) is 0 Å². The Labute approximate surface area is 117 Å². The van der Waals surface area contributed by atoms with Crippen LogP contribution in [0.3, 0.4) is 0 Å². The van der Waals surface area contributed by atoms with Gasteiger partial charge in [-0.25, -0.2) is 0 Å². The monoisotopic (exact) mass is 261 g/mol. The van der Waals surface area contributed by atoms with E-state index in [9.17, 15) is 0 Å². The van der Waals surface area contributed by atoms with Crippen molar-refractivity contribution in [2.24, 2.45) is 5.92 Å². The van der Waals surface area contributed by atoms with Crippen LogP contribution in [0.25, 0.3) is 0 Å². The summed E-state index contributed by atoms with van der Waals surface area (Å²) in [5.74, 6) is 0.659. The van der Waals surface area contributed by atoms with Gasteiger partial charge >= 0.3 is 0 Å². The minimum absolute atomic E-state index is 0.0849. The van der Waals surface area contributed by atoms with E-state index in [-0.39, 0.29) is 5.60 Å². The van der Waals surface area contributed by atoms with E-state index in [0.717, 1.165) is 13.0 Å². The van der Waals surface area contributed by atoms with Gasteiger partial charge < -0.3 is 10.1 Å². The molecule has 1 aliphatic heterocycles. The van der Waals surface area contributed by atoms with Crippen LogP contribution in [-0.2, 0) is 11.2 Å². The average molecular weight is 261 g/mol. The quantitative estimate of drug-likeness (QED) is 0.847. The number of rotatable bonds is 6. The van der Waals surface area contributed by atoms with Gasteiger partial charge in [0.25, 0.3) is 0 Å². The highest BCUT2D eigenvalue weighted by Gasteiger charge is 2.32. The zero-order chi connectivity index (χ0) is 13.7. The third-order valence-corrected chi connectivity index (χ3v) is 4.01. The van der Waals surface area contributed by atoms with Crippen molar-refractivity contribution >= 4 is 0 Å². The third kappa shape index (κ3) is 4.63. The summed E-state index contributed by atoms with van der Waals surface area (Å²) in [5, 5.41) is 3.33. The molecule has 0 radical (unpaired) electrons. The van der Waals surface area contributed by atoms with E-state index in [4.69, 9.17) is 4.74 Å². The molecular weight excluding hydrogens is 234 g/mol. The molecule has 1 N–H and O–H groups in total. The number of nitrogens with one attached hydrogen (secondary N) is 1. The molecule has 0 bridgehead atoms. The normalized spacial score (nSPS) is 23.4. The smallest absolute Gasteiger partial charge is 0.0631 e. The van der Waals surface area contributed by atoms with E-state index < -0.39 is 0 Å². The Balaban J connectivity index is 1.89. The maximum absolute atomic E-state index is 6.14. The number of benzene rings is 1. The molecule has 1 aliphatic rings. The van der Waals surface area contributed by atoms with E-state index in [1.165, 1.54) is 24.8 Å². The zero-order valence-corrected chi connectivity index (χ0v) is 12.5. The molecule has 0 saturated carbocycles. The lowest BCUT2D eigenvalue weighted by molar-refractivity contribution is -0.0243. The first-order valence-corrected chi connectivity index (χ1v) is 7.45. The summed E-state index contributed by atoms with van der Waals surface area (Å²) in [4.78, 5) is 0. The Bertz CT molecular complexity index is 374. The molecule has 1 saturated heterocycles. The van der Waals surface area contributed by atoms with Crippen LogP contribution in [0.1, 0.15) is 38.7 Å². The standard InChI is InChI=1S/C17H27NO/c1-17(2)10-9-16(19-17)12-15(13-18-3)11-14-7-5-4-6-8-14/h4-8,15-16,18H,9-13H2,1-3H3. The second-order valence-electron chi connectivity index (χ2n) is 6.39. The maximum Gasteiger partial charge on any atom is 0.0631 e. The Morgan fingerprint density at radius 3 is 2.63 bits per heavy atom. The average Bonchev–Trinajstić information content (AvgIpc) is 2.70. The van der Waals surface area contributed by atoms with Crippen LogP contribution in [0.2, 0.25) is 0 Å². The molecule has 0 spiro atoms. The molecule has 2 nitrogen and oxygen atoms in total. The van der Waals surface area contributed by atoms with Gasteiger partial charge in [-0.1, -0.05) is 30.3 Å². The topological polar surface area (TPSA) is 21.3 Å². The molecular formula is C17H27NO. The van der Waals surface area contributed by atoms with Gasteiger partial charge in [0.2, 0.25) is 0 Å². The first-order valence-electron chi connectivity index (χ1n) is 7.45. The molecule has 0 amide bonds. The van der Waals surface area contributed by atoms with Crippen LogP contribution in [0.4, 0.5) is 0 Å². The zero-order valence-electron chi connectivity index (χ0n) is 12.5. The lowest BCUT2D eigenvalue weighted by Gasteiger charge is -2.23. The van der Waals surface area contributed by atoms with Crippen molar-refractivity contribution in [1.82, 2.24) is 5.32 Å². The van der Waals surface area contributed by atoms with Crippen LogP contribution in [0.5, 0.6) is 0 Å². The number of hydrogen-bond donors (Lipinski definition) is 1. The minimum atomic E-state index is 0.0849. The summed E-state index contributed by atoms with van der Waals surface area (Å²) < 4.78 is 6.14. The fourth-order valence-electron chi connectivity index (χ4n) is 3.09. The maximum atomic E-state index is 6.14. The van der Waals surface area contributed by atoms with Crippen LogP contribution in [0, 0.1) is 5.92 Å². The molecule has 2 atom stereocenters. The second-order valence-corrected chi connectivity index (χ2v) is 6.39. The van der Waals surface area contributed by atoms with E-state index >= 15 is 0 Å². The minimum Gasteiger partial charge on any atom is -0.372 e. The van der Waals surface area contributed by atoms with Crippen molar-refractivity contribution in [1.29, 1.82) is 0 Å². The Morgan fingerprint density at radius 2 is 2.05 bits per heavy atom. The SMILES string of the molecule is CNCC(Cc1ccccc1)CC1CCC(C)(C)O1. The fraction of sp³-hybridized carbons (Fsp3) is 0.647. The van der Waals surface area contributed by atoms with E-state index in [2.05, 4.69) is 49.5 Å². The van der Waals surface area contributed by atoms with Crippen LogP contribution in [0.15, 0.2) is 30.3 Å². The highest BCUT2D eigenvalue weighted by atomic mass is 16.5. The van der Waals surface area contributed by atoms with Crippen LogP contribution < -0.4 is 5.32 Å². The Hall–Kier alpha value is -0.860. The van der Waals surface area contributed by atoms with Crippen molar-refractivity contribution in [3.05, 3.63) is 35.9 Å². The van der Waals surface area contributed by atoms with Gasteiger partial charge in [-0.15, -0.1) is 0 Å². The van der Waals surface area contributed by atoms with Gasteiger partial charge in [0.05, 0.1) is 11.7 Å². The van der Waals surface area contributed by atoms with E-state index in [0.29, 0.717) is 12.0 Å². The van der Waals surface area contributed by atoms with Gasteiger partial charge in [0.15, 0.2) is 0 Å². The lowest BCUT2D eigenvalue weighted by Crippen LogP contribution is -2.27. The number of ether oxygens (including phenoxy) is 1. The summed E-state index contributed by atoms with van der Waals surface area (Å²) in [7, 11) is 2.04. The molecule has 2 unspecified atom stereocenters. The second kappa shape index (κ2) is 6.53. The largest absolute Gasteiger partial charge is 0.372 e. The molecule has 1 aromatic rings. The summed E-state index contributed by atoms with van der Waals surface area (Å²) in [6.07, 6.45) is 5.15. The summed E-state index contributed by atoms with van der Waals surface area (Å²) in [5.41, 5.74) is 1.52. The first-order chi connectivity index (χ1) is 9.09. The Kier molecular flexibility index (Phi) is 5.00. The highest BCUT2D eigenvalue weighted by molar-refractivity contribution is 5.15. The highest BCUT2D eigenvalue weighted by Crippen LogP contribution is 2.33. The summed E-state index contributed by atoms with van der Waals surface area (Å²) >= 11 is 0. The predicted octanol–water partition coefficient (Wildman–Crippen LogP) is 3.41. The third-order valence-electron chi connectivity index (χ3n) is 4.01. The van der Waals surface area contributed by atoms with Crippen molar-refractivity contribution < 1.29 is 4.74 Å². The van der Waals surface area contributed by atoms with Crippen molar-refractivity contribution in [2.75, 3.05) is 13.6 Å². The lowest BCUT2D eigenvalue weighted by atomic mass is 9.92. The molecule has 1 fully saturated rings. The van der Waals surface area contributed by atoms with Gasteiger partial charge in [0, 0.05) is 0 Å². The summed E-state index contributed by atoms with van der Waals surface area (Å²) in [6.45, 7) is 5.48. The molecule has 0 aliphatic carbocycles. The molecule has 106 valence electrons. The van der Waals surface area contributed by atoms with Gasteiger partial charge in [0.1, 0.15) is 0 Å². The molecule has 0 aromatic heterocycles. The van der Waals surface area contributed by atoms with E-state index in [1.807, 2.05) is 7.05 Å². The van der Waals surface area contributed by atoms with Crippen molar-refractivity contribution in [3.63, 3.8) is 0 Å². The first kappa shape index (κ1) is 14.5. The van der Waals surface area contributed by atoms with Gasteiger partial charge in [-0.3, -0.25) is 0 Å². The van der Waals surface area contributed by atoms with Crippen LogP contribution >= 0.6 is 0 Å². The Morgan fingerprint density at radius 1 is 1.32 bits per heavy atom. The van der Waals surface area contributed by atoms with Crippen molar-refractivity contribution in [2.45, 2.75) is 51.2 Å².